The van der Waals surface area contributed by atoms with Crippen LogP contribution in [0.1, 0.15) is 43.5 Å². The van der Waals surface area contributed by atoms with E-state index in [9.17, 15) is 9.59 Å². The summed E-state index contributed by atoms with van der Waals surface area (Å²) in [6.07, 6.45) is 2.88. The lowest BCUT2D eigenvalue weighted by Crippen LogP contribution is -2.52. The van der Waals surface area contributed by atoms with Gasteiger partial charge in [-0.25, -0.2) is 4.79 Å². The summed E-state index contributed by atoms with van der Waals surface area (Å²) in [5.74, 6) is 1.11. The number of carbonyl (C=O) groups excluding carboxylic acids is 2. The summed E-state index contributed by atoms with van der Waals surface area (Å²) in [6, 6.07) is 4.85. The van der Waals surface area contributed by atoms with Gasteiger partial charge in [-0.15, -0.1) is 0 Å². The molecule has 1 aliphatic carbocycles. The van der Waals surface area contributed by atoms with Gasteiger partial charge in [-0.1, -0.05) is 29.8 Å². The highest BCUT2D eigenvalue weighted by Gasteiger charge is 2.41. The number of amides is 3. The molecule has 3 amide bonds. The van der Waals surface area contributed by atoms with Crippen LogP contribution in [0.4, 0.5) is 4.79 Å². The van der Waals surface area contributed by atoms with E-state index >= 15 is 0 Å². The van der Waals surface area contributed by atoms with Gasteiger partial charge in [0, 0.05) is 4.47 Å². The Morgan fingerprint density at radius 1 is 1.22 bits per heavy atom. The third-order valence-corrected chi connectivity index (χ3v) is 5.05. The quantitative estimate of drug-likeness (QED) is 0.723. The maximum absolute atomic E-state index is 12.3. The normalized spacial score (nSPS) is 31.1. The molecule has 1 aromatic carbocycles. The Kier molecular flexibility index (Phi) is 4.36. The molecule has 1 heterocycles. The van der Waals surface area contributed by atoms with Crippen LogP contribution in [-0.4, -0.2) is 24.1 Å². The Bertz CT molecular complexity index is 637. The second kappa shape index (κ2) is 6.15. The minimum absolute atomic E-state index is 0.377. The molecule has 2 atom stereocenters. The largest absolute Gasteiger partial charge is 0.485 e. The second-order valence-corrected chi connectivity index (χ2v) is 7.83. The number of urea groups is 1. The lowest BCUT2D eigenvalue weighted by molar-refractivity contribution is -0.00471. The summed E-state index contributed by atoms with van der Waals surface area (Å²) >= 11 is 3.37. The van der Waals surface area contributed by atoms with Crippen molar-refractivity contribution in [2.75, 3.05) is 6.54 Å². The van der Waals surface area contributed by atoms with Crippen LogP contribution < -0.4 is 15.4 Å². The fourth-order valence-electron chi connectivity index (χ4n) is 3.93. The molecule has 1 spiro atoms. The summed E-state index contributed by atoms with van der Waals surface area (Å²) in [4.78, 5) is 24.3. The summed E-state index contributed by atoms with van der Waals surface area (Å²) in [6.45, 7) is 4.82. The molecule has 1 saturated carbocycles. The van der Waals surface area contributed by atoms with Crippen LogP contribution >= 0.6 is 15.9 Å². The molecule has 0 saturated heterocycles. The highest BCUT2D eigenvalue weighted by molar-refractivity contribution is 9.10. The Balaban J connectivity index is 2.03. The van der Waals surface area contributed by atoms with E-state index in [0.29, 0.717) is 29.7 Å². The zero-order valence-corrected chi connectivity index (χ0v) is 14.9. The van der Waals surface area contributed by atoms with Gasteiger partial charge in [-0.3, -0.25) is 10.1 Å². The average molecular weight is 381 g/mol. The Hall–Kier alpha value is -1.56. The zero-order chi connectivity index (χ0) is 16.6. The van der Waals surface area contributed by atoms with Crippen molar-refractivity contribution >= 4 is 27.9 Å². The van der Waals surface area contributed by atoms with Gasteiger partial charge in [0.25, 0.3) is 5.91 Å². The lowest BCUT2D eigenvalue weighted by Gasteiger charge is -2.43. The number of benzene rings is 1. The summed E-state index contributed by atoms with van der Waals surface area (Å²) in [5, 5.41) is 5.16. The van der Waals surface area contributed by atoms with Crippen molar-refractivity contribution in [1.29, 1.82) is 0 Å². The van der Waals surface area contributed by atoms with Gasteiger partial charge in [-0.2, -0.15) is 0 Å². The number of rotatable bonds is 0. The molecule has 0 radical (unpaired) electrons. The van der Waals surface area contributed by atoms with Gasteiger partial charge < -0.3 is 10.1 Å². The van der Waals surface area contributed by atoms with Crippen molar-refractivity contribution in [3.05, 3.63) is 28.2 Å². The molecule has 0 bridgehead atoms. The number of halogens is 1. The molecule has 1 fully saturated rings. The fourth-order valence-corrected chi connectivity index (χ4v) is 4.29. The molecular formula is C17H21BrN2O3. The summed E-state index contributed by atoms with van der Waals surface area (Å²) in [7, 11) is 0. The molecule has 5 nitrogen and oxygen atoms in total. The number of nitrogens with one attached hydrogen (secondary N) is 2. The predicted octanol–water partition coefficient (Wildman–Crippen LogP) is 3.48. The minimum Gasteiger partial charge on any atom is -0.485 e. The highest BCUT2D eigenvalue weighted by Crippen LogP contribution is 2.40. The third kappa shape index (κ3) is 3.52. The molecular weight excluding hydrogens is 360 g/mol. The van der Waals surface area contributed by atoms with E-state index in [2.05, 4.69) is 40.4 Å². The molecule has 1 aromatic rings. The van der Waals surface area contributed by atoms with Gasteiger partial charge in [0.15, 0.2) is 0 Å². The summed E-state index contributed by atoms with van der Waals surface area (Å²) < 4.78 is 7.14. The molecule has 6 heteroatoms. The Morgan fingerprint density at radius 3 is 2.61 bits per heavy atom. The topological polar surface area (TPSA) is 67.4 Å². The van der Waals surface area contributed by atoms with Gasteiger partial charge >= 0.3 is 6.03 Å². The van der Waals surface area contributed by atoms with Crippen LogP contribution in [0.5, 0.6) is 5.75 Å². The van der Waals surface area contributed by atoms with Crippen LogP contribution in [-0.2, 0) is 0 Å². The van der Waals surface area contributed by atoms with Crippen molar-refractivity contribution in [2.45, 2.75) is 38.7 Å². The van der Waals surface area contributed by atoms with E-state index < -0.39 is 17.5 Å². The molecule has 23 heavy (non-hydrogen) atoms. The molecule has 1 aliphatic heterocycles. The Morgan fingerprint density at radius 2 is 1.91 bits per heavy atom. The number of carbonyl (C=O) groups is 2. The molecule has 2 unspecified atom stereocenters. The number of hydrogen-bond acceptors (Lipinski definition) is 3. The first-order chi connectivity index (χ1) is 10.9. The summed E-state index contributed by atoms with van der Waals surface area (Å²) in [5.41, 5.74) is -0.0941. The lowest BCUT2D eigenvalue weighted by atomic mass is 9.73. The molecule has 2 N–H and O–H groups in total. The predicted molar refractivity (Wildman–Crippen MR) is 90.5 cm³/mol. The minimum atomic E-state index is -0.475. The van der Waals surface area contributed by atoms with Crippen LogP contribution in [0.2, 0.25) is 0 Å². The zero-order valence-electron chi connectivity index (χ0n) is 13.3. The molecule has 3 rings (SSSR count). The third-order valence-electron chi connectivity index (χ3n) is 4.56. The van der Waals surface area contributed by atoms with E-state index in [1.54, 1.807) is 12.1 Å². The van der Waals surface area contributed by atoms with Crippen molar-refractivity contribution in [3.8, 4) is 5.75 Å². The molecule has 0 aromatic heterocycles. The smallest absolute Gasteiger partial charge is 0.321 e. The first-order valence-electron chi connectivity index (χ1n) is 7.95. The van der Waals surface area contributed by atoms with Crippen molar-refractivity contribution in [2.24, 2.45) is 11.8 Å². The first kappa shape index (κ1) is 16.3. The van der Waals surface area contributed by atoms with E-state index in [0.717, 1.165) is 23.7 Å². The van der Waals surface area contributed by atoms with Gasteiger partial charge in [-0.05, 0) is 49.3 Å². The van der Waals surface area contributed by atoms with Gasteiger partial charge in [0.2, 0.25) is 0 Å². The second-order valence-electron chi connectivity index (χ2n) is 6.92. The SMILES string of the molecule is CC1CC(C)CC2(CNC(=O)NC(=O)c3cc(Br)ccc3O2)C1. The molecule has 2 aliphatic rings. The maximum Gasteiger partial charge on any atom is 0.321 e. The van der Waals surface area contributed by atoms with Crippen LogP contribution in [0.3, 0.4) is 0 Å². The molecule has 124 valence electrons. The average Bonchev–Trinajstić information content (AvgIpc) is 2.49. The fraction of sp³-hybridized carbons (Fsp3) is 0.529. The first-order valence-corrected chi connectivity index (χ1v) is 8.74. The highest BCUT2D eigenvalue weighted by atomic mass is 79.9. The monoisotopic (exact) mass is 380 g/mol. The van der Waals surface area contributed by atoms with E-state index in [1.807, 2.05) is 6.07 Å². The van der Waals surface area contributed by atoms with E-state index in [-0.39, 0.29) is 0 Å². The maximum atomic E-state index is 12.3. The van der Waals surface area contributed by atoms with Crippen LogP contribution in [0.25, 0.3) is 0 Å². The van der Waals surface area contributed by atoms with E-state index in [4.69, 9.17) is 4.74 Å². The number of hydrogen-bond donors (Lipinski definition) is 2. The standard InChI is InChI=1S/C17H21BrN2O3/c1-10-5-11(2)8-17(7-10)9-19-16(22)20-15(21)13-6-12(18)3-4-14(13)23-17/h3-4,6,10-11H,5,7-9H2,1-2H3,(H2,19,20,21,22). The number of imide groups is 1. The van der Waals surface area contributed by atoms with Crippen molar-refractivity contribution in [3.63, 3.8) is 0 Å². The Labute approximate surface area is 144 Å². The van der Waals surface area contributed by atoms with Gasteiger partial charge in [0.1, 0.15) is 11.4 Å². The number of ether oxygens (including phenoxy) is 1. The van der Waals surface area contributed by atoms with Crippen molar-refractivity contribution in [1.82, 2.24) is 10.6 Å². The number of fused-ring (bicyclic) bond motifs is 1. The van der Waals surface area contributed by atoms with E-state index in [1.165, 1.54) is 0 Å². The van der Waals surface area contributed by atoms with Crippen molar-refractivity contribution < 1.29 is 14.3 Å². The van der Waals surface area contributed by atoms with Crippen LogP contribution in [0.15, 0.2) is 22.7 Å². The van der Waals surface area contributed by atoms with Crippen LogP contribution in [0, 0.1) is 11.8 Å². The van der Waals surface area contributed by atoms with Gasteiger partial charge in [0.05, 0.1) is 12.1 Å².